The van der Waals surface area contributed by atoms with E-state index in [1.807, 2.05) is 18.7 Å². The lowest BCUT2D eigenvalue weighted by molar-refractivity contribution is -0.132. The number of nitrogens with zero attached hydrogens (tertiary/aromatic N) is 1. The summed E-state index contributed by atoms with van der Waals surface area (Å²) in [6.45, 7) is 5.39. The highest BCUT2D eigenvalue weighted by Gasteiger charge is 2.37. The lowest BCUT2D eigenvalue weighted by Gasteiger charge is -2.35. The monoisotopic (exact) mass is 200 g/mol. The number of aliphatic hydroxyl groups excluding tert-OH is 1. The van der Waals surface area contributed by atoms with Gasteiger partial charge in [-0.15, -0.1) is 0 Å². The molecule has 4 heteroatoms. The number of nitrogens with two attached hydrogens (primary N) is 1. The Balaban J connectivity index is 2.64. The Bertz CT molecular complexity index is 216. The van der Waals surface area contributed by atoms with E-state index in [9.17, 15) is 4.79 Å². The highest BCUT2D eigenvalue weighted by molar-refractivity contribution is 5.79. The van der Waals surface area contributed by atoms with Gasteiger partial charge in [0.2, 0.25) is 5.91 Å². The summed E-state index contributed by atoms with van der Waals surface area (Å²) in [4.78, 5) is 13.5. The van der Waals surface area contributed by atoms with Gasteiger partial charge in [0.05, 0.1) is 0 Å². The molecule has 0 spiro atoms. The molecule has 0 saturated carbocycles. The van der Waals surface area contributed by atoms with Crippen LogP contribution < -0.4 is 5.73 Å². The summed E-state index contributed by atoms with van der Waals surface area (Å²) in [5.74, 6) is 0.458. The largest absolute Gasteiger partial charge is 0.396 e. The minimum atomic E-state index is -0.240. The molecule has 1 rings (SSSR count). The van der Waals surface area contributed by atoms with Crippen LogP contribution in [0.25, 0.3) is 0 Å². The molecule has 82 valence electrons. The molecule has 1 fully saturated rings. The van der Waals surface area contributed by atoms with E-state index in [1.54, 1.807) is 0 Å². The van der Waals surface area contributed by atoms with Gasteiger partial charge < -0.3 is 15.7 Å². The van der Waals surface area contributed by atoms with Crippen LogP contribution in [0, 0.1) is 5.92 Å². The van der Waals surface area contributed by atoms with Gasteiger partial charge >= 0.3 is 0 Å². The van der Waals surface area contributed by atoms with Crippen LogP contribution in [0.3, 0.4) is 0 Å². The van der Waals surface area contributed by atoms with E-state index in [4.69, 9.17) is 10.8 Å². The van der Waals surface area contributed by atoms with Crippen molar-refractivity contribution in [3.8, 4) is 0 Å². The van der Waals surface area contributed by atoms with E-state index in [0.29, 0.717) is 25.3 Å². The maximum Gasteiger partial charge on any atom is 0.223 e. The molecule has 14 heavy (non-hydrogen) atoms. The summed E-state index contributed by atoms with van der Waals surface area (Å²) in [6.07, 6.45) is 1.18. The molecule has 3 N–H and O–H groups in total. The zero-order chi connectivity index (χ0) is 10.8. The molecule has 0 radical (unpaired) electrons. The van der Waals surface area contributed by atoms with E-state index < -0.39 is 0 Å². The van der Waals surface area contributed by atoms with Gasteiger partial charge in [0.25, 0.3) is 0 Å². The van der Waals surface area contributed by atoms with Crippen LogP contribution in [0.15, 0.2) is 0 Å². The zero-order valence-corrected chi connectivity index (χ0v) is 8.99. The van der Waals surface area contributed by atoms with Crippen molar-refractivity contribution in [2.45, 2.75) is 32.2 Å². The average Bonchev–Trinajstić information content (AvgIpc) is 2.47. The molecule has 1 atom stereocenters. The second-order valence-electron chi connectivity index (χ2n) is 4.60. The van der Waals surface area contributed by atoms with Gasteiger partial charge in [-0.1, -0.05) is 0 Å². The van der Waals surface area contributed by atoms with Crippen molar-refractivity contribution < 1.29 is 9.90 Å². The molecular weight excluding hydrogens is 180 g/mol. The molecule has 1 unspecified atom stereocenters. The van der Waals surface area contributed by atoms with Crippen LogP contribution in [0.2, 0.25) is 0 Å². The molecule has 0 aliphatic carbocycles. The molecule has 1 saturated heterocycles. The smallest absolute Gasteiger partial charge is 0.223 e. The van der Waals surface area contributed by atoms with Crippen molar-refractivity contribution in [1.29, 1.82) is 0 Å². The van der Waals surface area contributed by atoms with E-state index >= 15 is 0 Å². The van der Waals surface area contributed by atoms with Crippen LogP contribution in [-0.2, 0) is 4.79 Å². The zero-order valence-electron chi connectivity index (χ0n) is 8.99. The van der Waals surface area contributed by atoms with Crippen molar-refractivity contribution in [2.24, 2.45) is 11.7 Å². The number of carbonyl (C=O) groups excluding carboxylic acids is 1. The first kappa shape index (κ1) is 11.5. The fraction of sp³-hybridized carbons (Fsp3) is 0.900. The number of rotatable bonds is 4. The van der Waals surface area contributed by atoms with Crippen molar-refractivity contribution in [3.63, 3.8) is 0 Å². The minimum Gasteiger partial charge on any atom is -0.396 e. The van der Waals surface area contributed by atoms with Crippen molar-refractivity contribution in [3.05, 3.63) is 0 Å². The Labute approximate surface area is 85.1 Å². The normalized spacial score (nSPS) is 23.3. The molecule has 1 amide bonds. The third-order valence-corrected chi connectivity index (χ3v) is 2.99. The third kappa shape index (κ3) is 2.25. The van der Waals surface area contributed by atoms with E-state index in [2.05, 4.69) is 0 Å². The number of hydrogen-bond donors (Lipinski definition) is 2. The first-order valence-corrected chi connectivity index (χ1v) is 5.12. The second-order valence-corrected chi connectivity index (χ2v) is 4.60. The SMILES string of the molecule is CC(C)(CCO)N1CC(CN)CC1=O. The lowest BCUT2D eigenvalue weighted by atomic mass is 9.99. The summed E-state index contributed by atoms with van der Waals surface area (Å²) in [5.41, 5.74) is 5.31. The first-order valence-electron chi connectivity index (χ1n) is 5.12. The van der Waals surface area contributed by atoms with Gasteiger partial charge in [0, 0.05) is 25.1 Å². The van der Waals surface area contributed by atoms with Gasteiger partial charge in [-0.2, -0.15) is 0 Å². The van der Waals surface area contributed by atoms with Crippen molar-refractivity contribution >= 4 is 5.91 Å². The van der Waals surface area contributed by atoms with Gasteiger partial charge in [0.15, 0.2) is 0 Å². The van der Waals surface area contributed by atoms with Crippen LogP contribution in [0.4, 0.5) is 0 Å². The molecular formula is C10H20N2O2. The Kier molecular flexibility index (Phi) is 3.50. The van der Waals surface area contributed by atoms with E-state index in [1.165, 1.54) is 0 Å². The summed E-state index contributed by atoms with van der Waals surface area (Å²) in [6, 6.07) is 0. The summed E-state index contributed by atoms with van der Waals surface area (Å²) in [5, 5.41) is 8.91. The van der Waals surface area contributed by atoms with E-state index in [0.717, 1.165) is 6.54 Å². The number of carbonyl (C=O) groups is 1. The molecule has 1 heterocycles. The Morgan fingerprint density at radius 3 is 2.71 bits per heavy atom. The molecule has 0 aromatic rings. The maximum atomic E-state index is 11.7. The molecule has 4 nitrogen and oxygen atoms in total. The molecule has 1 aliphatic heterocycles. The molecule has 0 aromatic heterocycles. The lowest BCUT2D eigenvalue weighted by Crippen LogP contribution is -2.45. The Hall–Kier alpha value is -0.610. The number of likely N-dealkylation sites (tertiary alicyclic amines) is 1. The average molecular weight is 200 g/mol. The van der Waals surface area contributed by atoms with Crippen molar-refractivity contribution in [2.75, 3.05) is 19.7 Å². The second kappa shape index (κ2) is 4.28. The summed E-state index contributed by atoms with van der Waals surface area (Å²) >= 11 is 0. The summed E-state index contributed by atoms with van der Waals surface area (Å²) < 4.78 is 0. The third-order valence-electron chi connectivity index (χ3n) is 2.99. The molecule has 0 aromatic carbocycles. The molecule has 0 bridgehead atoms. The number of hydrogen-bond acceptors (Lipinski definition) is 3. The standard InChI is InChI=1S/C10H20N2O2/c1-10(2,3-4-13)12-7-8(6-11)5-9(12)14/h8,13H,3-7,11H2,1-2H3. The number of amides is 1. The summed E-state index contributed by atoms with van der Waals surface area (Å²) in [7, 11) is 0. The topological polar surface area (TPSA) is 66.6 Å². The van der Waals surface area contributed by atoms with Crippen LogP contribution in [-0.4, -0.2) is 41.1 Å². The van der Waals surface area contributed by atoms with Gasteiger partial charge in [0.1, 0.15) is 0 Å². The van der Waals surface area contributed by atoms with Crippen LogP contribution >= 0.6 is 0 Å². The highest BCUT2D eigenvalue weighted by atomic mass is 16.3. The molecule has 1 aliphatic rings. The van der Waals surface area contributed by atoms with Gasteiger partial charge in [-0.3, -0.25) is 4.79 Å². The predicted molar refractivity (Wildman–Crippen MR) is 54.7 cm³/mol. The van der Waals surface area contributed by atoms with Crippen LogP contribution in [0.1, 0.15) is 26.7 Å². The minimum absolute atomic E-state index is 0.115. The van der Waals surface area contributed by atoms with Crippen molar-refractivity contribution in [1.82, 2.24) is 4.90 Å². The van der Waals surface area contributed by atoms with Gasteiger partial charge in [-0.25, -0.2) is 0 Å². The maximum absolute atomic E-state index is 11.7. The first-order chi connectivity index (χ1) is 6.51. The fourth-order valence-corrected chi connectivity index (χ4v) is 1.93. The Morgan fingerprint density at radius 1 is 1.64 bits per heavy atom. The highest BCUT2D eigenvalue weighted by Crippen LogP contribution is 2.27. The van der Waals surface area contributed by atoms with E-state index in [-0.39, 0.29) is 18.1 Å². The fourth-order valence-electron chi connectivity index (χ4n) is 1.93. The van der Waals surface area contributed by atoms with Crippen LogP contribution in [0.5, 0.6) is 0 Å². The predicted octanol–water partition coefficient (Wildman–Crippen LogP) is -0.0454. The number of aliphatic hydroxyl groups is 1. The van der Waals surface area contributed by atoms with Gasteiger partial charge in [-0.05, 0) is 32.7 Å². The quantitative estimate of drug-likeness (QED) is 0.669. The Morgan fingerprint density at radius 2 is 2.29 bits per heavy atom.